The molecule has 2 aliphatic rings. The molecule has 0 aromatic heterocycles. The van der Waals surface area contributed by atoms with E-state index in [4.69, 9.17) is 4.74 Å². The van der Waals surface area contributed by atoms with Crippen molar-refractivity contribution in [3.63, 3.8) is 0 Å². The Hall–Kier alpha value is -0.120. The second-order valence-corrected chi connectivity index (χ2v) is 8.07. The monoisotopic (exact) mass is 282 g/mol. The summed E-state index contributed by atoms with van der Waals surface area (Å²) in [6, 6.07) is 0.641. The summed E-state index contributed by atoms with van der Waals surface area (Å²) in [5.74, 6) is 0.693. The largest absolute Gasteiger partial charge is 0.371 e. The fourth-order valence-electron chi connectivity index (χ4n) is 3.66. The maximum Gasteiger partial charge on any atom is 0.0710 e. The van der Waals surface area contributed by atoms with Crippen LogP contribution in [0.2, 0.25) is 0 Å². The van der Waals surface area contributed by atoms with Crippen LogP contribution in [0, 0.1) is 5.92 Å². The van der Waals surface area contributed by atoms with Gasteiger partial charge in [-0.2, -0.15) is 0 Å². The molecule has 2 rings (SSSR count). The molecular formula is C17H34N2O. The van der Waals surface area contributed by atoms with Gasteiger partial charge in [0.1, 0.15) is 0 Å². The SMILES string of the molecule is CCC1(C)CN(CC2CCC(C)(C)O2)C(C(C)C)CN1. The van der Waals surface area contributed by atoms with E-state index in [2.05, 4.69) is 51.8 Å². The second-order valence-electron chi connectivity index (χ2n) is 8.07. The fourth-order valence-corrected chi connectivity index (χ4v) is 3.66. The Bertz CT molecular complexity index is 329. The predicted octanol–water partition coefficient (Wildman–Crippen LogP) is 3.04. The van der Waals surface area contributed by atoms with Crippen LogP contribution in [0.5, 0.6) is 0 Å². The maximum absolute atomic E-state index is 6.22. The Morgan fingerprint density at radius 3 is 2.50 bits per heavy atom. The Labute approximate surface area is 125 Å². The van der Waals surface area contributed by atoms with Gasteiger partial charge in [0, 0.05) is 31.2 Å². The molecule has 2 fully saturated rings. The van der Waals surface area contributed by atoms with Gasteiger partial charge in [0.05, 0.1) is 11.7 Å². The van der Waals surface area contributed by atoms with Gasteiger partial charge in [0.25, 0.3) is 0 Å². The third-order valence-electron chi connectivity index (χ3n) is 5.30. The molecule has 0 aromatic rings. The van der Waals surface area contributed by atoms with E-state index in [9.17, 15) is 0 Å². The molecule has 3 heteroatoms. The van der Waals surface area contributed by atoms with Crippen molar-refractivity contribution in [3.05, 3.63) is 0 Å². The summed E-state index contributed by atoms with van der Waals surface area (Å²) in [6.45, 7) is 17.1. The van der Waals surface area contributed by atoms with E-state index in [1.807, 2.05) is 0 Å². The molecule has 0 aromatic carbocycles. The smallest absolute Gasteiger partial charge is 0.0710 e. The molecule has 3 atom stereocenters. The van der Waals surface area contributed by atoms with Gasteiger partial charge in [-0.15, -0.1) is 0 Å². The van der Waals surface area contributed by atoms with E-state index in [1.54, 1.807) is 0 Å². The van der Waals surface area contributed by atoms with Crippen molar-refractivity contribution >= 4 is 0 Å². The van der Waals surface area contributed by atoms with Crippen molar-refractivity contribution in [1.82, 2.24) is 10.2 Å². The number of ether oxygens (including phenoxy) is 1. The van der Waals surface area contributed by atoms with Crippen molar-refractivity contribution < 1.29 is 4.74 Å². The average molecular weight is 282 g/mol. The maximum atomic E-state index is 6.22. The molecule has 0 bridgehead atoms. The number of nitrogens with one attached hydrogen (secondary N) is 1. The number of hydrogen-bond donors (Lipinski definition) is 1. The summed E-state index contributed by atoms with van der Waals surface area (Å²) in [5, 5.41) is 3.77. The van der Waals surface area contributed by atoms with Gasteiger partial charge in [-0.1, -0.05) is 20.8 Å². The van der Waals surface area contributed by atoms with E-state index in [0.717, 1.165) is 19.6 Å². The van der Waals surface area contributed by atoms with Gasteiger partial charge in [-0.3, -0.25) is 4.90 Å². The molecule has 2 heterocycles. The molecule has 0 saturated carbocycles. The second kappa shape index (κ2) is 5.94. The minimum absolute atomic E-state index is 0.0834. The Morgan fingerprint density at radius 2 is 2.00 bits per heavy atom. The van der Waals surface area contributed by atoms with Gasteiger partial charge in [-0.25, -0.2) is 0 Å². The molecular weight excluding hydrogens is 248 g/mol. The molecule has 0 aliphatic carbocycles. The van der Waals surface area contributed by atoms with Crippen LogP contribution in [0.1, 0.15) is 60.8 Å². The third-order valence-corrected chi connectivity index (χ3v) is 5.30. The van der Waals surface area contributed by atoms with E-state index in [0.29, 0.717) is 18.1 Å². The fraction of sp³-hybridized carbons (Fsp3) is 1.00. The first-order chi connectivity index (χ1) is 9.25. The first-order valence-corrected chi connectivity index (χ1v) is 8.41. The molecule has 0 spiro atoms. The van der Waals surface area contributed by atoms with Crippen molar-refractivity contribution in [1.29, 1.82) is 0 Å². The lowest BCUT2D eigenvalue weighted by atomic mass is 9.89. The molecule has 0 amide bonds. The predicted molar refractivity (Wildman–Crippen MR) is 85.1 cm³/mol. The van der Waals surface area contributed by atoms with Gasteiger partial charge >= 0.3 is 0 Å². The summed E-state index contributed by atoms with van der Waals surface area (Å²) in [6.07, 6.45) is 4.02. The van der Waals surface area contributed by atoms with Crippen LogP contribution >= 0.6 is 0 Å². The minimum atomic E-state index is 0.0834. The lowest BCUT2D eigenvalue weighted by Gasteiger charge is -2.48. The van der Waals surface area contributed by atoms with Crippen LogP contribution in [0.25, 0.3) is 0 Å². The summed E-state index contributed by atoms with van der Waals surface area (Å²) in [7, 11) is 0. The number of piperazine rings is 1. The normalized spacial score (nSPS) is 38.5. The highest BCUT2D eigenvalue weighted by Crippen LogP contribution is 2.31. The van der Waals surface area contributed by atoms with Gasteiger partial charge in [-0.05, 0) is 46.0 Å². The van der Waals surface area contributed by atoms with Crippen molar-refractivity contribution in [2.75, 3.05) is 19.6 Å². The first-order valence-electron chi connectivity index (χ1n) is 8.41. The highest BCUT2D eigenvalue weighted by atomic mass is 16.5. The van der Waals surface area contributed by atoms with Crippen LogP contribution in [0.4, 0.5) is 0 Å². The zero-order valence-corrected chi connectivity index (χ0v) is 14.3. The Balaban J connectivity index is 2.01. The summed E-state index contributed by atoms with van der Waals surface area (Å²) in [4.78, 5) is 2.69. The van der Waals surface area contributed by atoms with Crippen molar-refractivity contribution in [2.24, 2.45) is 5.92 Å². The number of nitrogens with zero attached hydrogens (tertiary/aromatic N) is 1. The van der Waals surface area contributed by atoms with Crippen molar-refractivity contribution in [3.8, 4) is 0 Å². The average Bonchev–Trinajstić information content (AvgIpc) is 2.68. The van der Waals surface area contributed by atoms with E-state index < -0.39 is 0 Å². The molecule has 2 saturated heterocycles. The molecule has 3 unspecified atom stereocenters. The van der Waals surface area contributed by atoms with E-state index in [-0.39, 0.29) is 11.1 Å². The lowest BCUT2D eigenvalue weighted by Crippen LogP contribution is -2.64. The zero-order chi connectivity index (χ0) is 15.0. The van der Waals surface area contributed by atoms with Crippen LogP contribution in [-0.4, -0.2) is 47.8 Å². The van der Waals surface area contributed by atoms with Crippen molar-refractivity contribution in [2.45, 2.75) is 84.1 Å². The first kappa shape index (κ1) is 16.3. The molecule has 1 N–H and O–H groups in total. The topological polar surface area (TPSA) is 24.5 Å². The lowest BCUT2D eigenvalue weighted by molar-refractivity contribution is -0.0474. The van der Waals surface area contributed by atoms with Crippen LogP contribution in [0.15, 0.2) is 0 Å². The van der Waals surface area contributed by atoms with E-state index in [1.165, 1.54) is 19.3 Å². The molecule has 2 aliphatic heterocycles. The van der Waals surface area contributed by atoms with Gasteiger partial charge in [0.15, 0.2) is 0 Å². The number of hydrogen-bond acceptors (Lipinski definition) is 3. The van der Waals surface area contributed by atoms with Crippen LogP contribution in [-0.2, 0) is 4.74 Å². The molecule has 3 nitrogen and oxygen atoms in total. The number of rotatable bonds is 4. The highest BCUT2D eigenvalue weighted by molar-refractivity contribution is 4.96. The summed E-state index contributed by atoms with van der Waals surface area (Å²) < 4.78 is 6.22. The van der Waals surface area contributed by atoms with Gasteiger partial charge in [0.2, 0.25) is 0 Å². The quantitative estimate of drug-likeness (QED) is 0.858. The third kappa shape index (κ3) is 3.75. The minimum Gasteiger partial charge on any atom is -0.371 e. The zero-order valence-electron chi connectivity index (χ0n) is 14.3. The van der Waals surface area contributed by atoms with E-state index >= 15 is 0 Å². The van der Waals surface area contributed by atoms with Crippen LogP contribution in [0.3, 0.4) is 0 Å². The Kier molecular flexibility index (Phi) is 4.83. The van der Waals surface area contributed by atoms with Crippen LogP contribution < -0.4 is 5.32 Å². The molecule has 118 valence electrons. The summed E-state index contributed by atoms with van der Waals surface area (Å²) in [5.41, 5.74) is 0.347. The summed E-state index contributed by atoms with van der Waals surface area (Å²) >= 11 is 0. The standard InChI is InChI=1S/C17H34N2O/c1-7-17(6)12-19(15(10-18-17)13(2)3)11-14-8-9-16(4,5)20-14/h13-15,18H,7-12H2,1-6H3. The molecule has 20 heavy (non-hydrogen) atoms. The molecule has 0 radical (unpaired) electrons. The van der Waals surface area contributed by atoms with Gasteiger partial charge < -0.3 is 10.1 Å². The highest BCUT2D eigenvalue weighted by Gasteiger charge is 2.39. The Morgan fingerprint density at radius 1 is 1.30 bits per heavy atom.